The van der Waals surface area contributed by atoms with Crippen LogP contribution in [0.4, 0.5) is 5.82 Å². The molecule has 0 aromatic carbocycles. The first kappa shape index (κ1) is 15.5. The molecule has 0 bridgehead atoms. The van der Waals surface area contributed by atoms with Gasteiger partial charge in [0.2, 0.25) is 0 Å². The van der Waals surface area contributed by atoms with Gasteiger partial charge >= 0.3 is 5.97 Å². The summed E-state index contributed by atoms with van der Waals surface area (Å²) >= 11 is 3.27. The highest BCUT2D eigenvalue weighted by Gasteiger charge is 2.20. The van der Waals surface area contributed by atoms with E-state index < -0.39 is 16.0 Å². The molecule has 2 aromatic heterocycles. The van der Waals surface area contributed by atoms with Crippen LogP contribution in [-0.4, -0.2) is 29.0 Å². The van der Waals surface area contributed by atoms with Crippen molar-refractivity contribution < 1.29 is 18.3 Å². The van der Waals surface area contributed by atoms with Crippen LogP contribution in [0.3, 0.4) is 0 Å². The van der Waals surface area contributed by atoms with Crippen LogP contribution in [0, 0.1) is 6.92 Å². The van der Waals surface area contributed by atoms with Crippen molar-refractivity contribution in [2.24, 2.45) is 7.05 Å². The van der Waals surface area contributed by atoms with Gasteiger partial charge in [0.1, 0.15) is 16.4 Å². The Hall–Kier alpha value is -1.87. The second-order valence-corrected chi connectivity index (χ2v) is 6.88. The number of anilines is 1. The molecule has 0 unspecified atom stereocenters. The molecule has 0 atom stereocenters. The Bertz CT molecular complexity index is 814. The average molecular weight is 374 g/mol. The van der Waals surface area contributed by atoms with Gasteiger partial charge in [-0.05, 0) is 41.1 Å². The van der Waals surface area contributed by atoms with E-state index in [4.69, 9.17) is 5.11 Å². The predicted octanol–water partition coefficient (Wildman–Crippen LogP) is 1.99. The third kappa shape index (κ3) is 3.24. The molecule has 2 aromatic rings. The molecule has 0 amide bonds. The van der Waals surface area contributed by atoms with Gasteiger partial charge in [-0.25, -0.2) is 18.2 Å². The van der Waals surface area contributed by atoms with Gasteiger partial charge in [0.25, 0.3) is 10.0 Å². The quantitative estimate of drug-likeness (QED) is 0.852. The van der Waals surface area contributed by atoms with Gasteiger partial charge in [-0.2, -0.15) is 0 Å². The maximum atomic E-state index is 12.2. The number of hydrogen-bond acceptors (Lipinski definition) is 4. The summed E-state index contributed by atoms with van der Waals surface area (Å²) in [6, 6.07) is 4.28. The number of aryl methyl sites for hydroxylation is 2. The number of carbonyl (C=O) groups is 1. The van der Waals surface area contributed by atoms with Crippen molar-refractivity contribution >= 4 is 37.7 Å². The van der Waals surface area contributed by atoms with Gasteiger partial charge in [-0.1, -0.05) is 0 Å². The van der Waals surface area contributed by atoms with Crippen LogP contribution in [0.15, 0.2) is 33.8 Å². The van der Waals surface area contributed by atoms with Crippen molar-refractivity contribution in [1.29, 1.82) is 0 Å². The first-order chi connectivity index (χ1) is 9.70. The maximum absolute atomic E-state index is 12.2. The lowest BCUT2D eigenvalue weighted by Gasteiger charge is -2.07. The Balaban J connectivity index is 2.36. The molecule has 0 aliphatic heterocycles. The lowest BCUT2D eigenvalue weighted by atomic mass is 10.4. The summed E-state index contributed by atoms with van der Waals surface area (Å²) in [6.07, 6.45) is 1.23. The minimum atomic E-state index is -3.89. The molecule has 2 N–H and O–H groups in total. The molecule has 2 heterocycles. The van der Waals surface area contributed by atoms with Crippen LogP contribution >= 0.6 is 15.9 Å². The molecule has 9 heteroatoms. The second kappa shape index (κ2) is 5.49. The smallest absolute Gasteiger partial charge is 0.352 e. The summed E-state index contributed by atoms with van der Waals surface area (Å²) in [6.45, 7) is 1.73. The van der Waals surface area contributed by atoms with E-state index in [-0.39, 0.29) is 16.4 Å². The van der Waals surface area contributed by atoms with Gasteiger partial charge < -0.3 is 9.67 Å². The van der Waals surface area contributed by atoms with Crippen molar-refractivity contribution in [3.63, 3.8) is 0 Å². The molecule has 112 valence electrons. The van der Waals surface area contributed by atoms with E-state index in [2.05, 4.69) is 25.6 Å². The van der Waals surface area contributed by atoms with Gasteiger partial charge in [0.05, 0.1) is 5.69 Å². The largest absolute Gasteiger partial charge is 0.477 e. The highest BCUT2D eigenvalue weighted by Crippen LogP contribution is 2.20. The van der Waals surface area contributed by atoms with Gasteiger partial charge in [0.15, 0.2) is 0 Å². The number of aromatic nitrogens is 2. The zero-order chi connectivity index (χ0) is 15.8. The molecule has 0 saturated heterocycles. The van der Waals surface area contributed by atoms with Crippen LogP contribution in [0.1, 0.15) is 16.2 Å². The maximum Gasteiger partial charge on any atom is 0.352 e. The third-order valence-corrected chi connectivity index (χ3v) is 4.93. The number of carboxylic acid groups (broad SMARTS) is 1. The normalized spacial score (nSPS) is 11.4. The highest BCUT2D eigenvalue weighted by molar-refractivity contribution is 9.10. The van der Waals surface area contributed by atoms with Crippen LogP contribution in [0.2, 0.25) is 0 Å². The predicted molar refractivity (Wildman–Crippen MR) is 79.9 cm³/mol. The van der Waals surface area contributed by atoms with E-state index in [1.807, 2.05) is 0 Å². The van der Waals surface area contributed by atoms with Crippen molar-refractivity contribution in [1.82, 2.24) is 9.55 Å². The molecule has 21 heavy (non-hydrogen) atoms. The molecule has 0 saturated carbocycles. The number of nitrogens with zero attached hydrogens (tertiary/aromatic N) is 2. The molecule has 0 aliphatic carbocycles. The Kier molecular flexibility index (Phi) is 4.06. The SMILES string of the molecule is Cc1nc(NS(=O)(=O)c2cc(C(=O)O)n(C)c2)ccc1Br. The summed E-state index contributed by atoms with van der Waals surface area (Å²) in [5, 5.41) is 8.95. The molecule has 0 aliphatic rings. The molecule has 0 spiro atoms. The topological polar surface area (TPSA) is 101 Å². The van der Waals surface area contributed by atoms with Gasteiger partial charge in [0, 0.05) is 17.7 Å². The Morgan fingerprint density at radius 2 is 2.10 bits per heavy atom. The zero-order valence-corrected chi connectivity index (χ0v) is 13.6. The Labute approximate surface area is 129 Å². The number of rotatable bonds is 4. The van der Waals surface area contributed by atoms with Gasteiger partial charge in [-0.15, -0.1) is 0 Å². The highest BCUT2D eigenvalue weighted by atomic mass is 79.9. The standard InChI is InChI=1S/C12H12BrN3O4S/c1-7-9(13)3-4-11(14-7)15-21(19,20)8-5-10(12(17)18)16(2)6-8/h3-6H,1-2H3,(H,14,15)(H,17,18). The number of hydrogen-bond donors (Lipinski definition) is 2. The summed E-state index contributed by atoms with van der Waals surface area (Å²) < 4.78 is 28.7. The van der Waals surface area contributed by atoms with Crippen LogP contribution < -0.4 is 4.72 Å². The fourth-order valence-electron chi connectivity index (χ4n) is 1.69. The van der Waals surface area contributed by atoms with E-state index in [1.165, 1.54) is 23.9 Å². The van der Waals surface area contributed by atoms with Crippen molar-refractivity contribution in [3.05, 3.63) is 40.3 Å². The fraction of sp³-hybridized carbons (Fsp3) is 0.167. The van der Waals surface area contributed by atoms with Crippen molar-refractivity contribution in [3.8, 4) is 0 Å². The van der Waals surface area contributed by atoms with Crippen molar-refractivity contribution in [2.45, 2.75) is 11.8 Å². The Morgan fingerprint density at radius 1 is 1.43 bits per heavy atom. The molecule has 0 radical (unpaired) electrons. The lowest BCUT2D eigenvalue weighted by molar-refractivity contribution is 0.0686. The first-order valence-electron chi connectivity index (χ1n) is 5.76. The van der Waals surface area contributed by atoms with E-state index in [0.29, 0.717) is 5.69 Å². The summed E-state index contributed by atoms with van der Waals surface area (Å²) in [7, 11) is -2.43. The van der Waals surface area contributed by atoms with E-state index >= 15 is 0 Å². The van der Waals surface area contributed by atoms with E-state index in [1.54, 1.807) is 13.0 Å². The zero-order valence-electron chi connectivity index (χ0n) is 11.2. The number of halogens is 1. The fourth-order valence-corrected chi connectivity index (χ4v) is 2.98. The number of aromatic carboxylic acids is 1. The minimum Gasteiger partial charge on any atom is -0.477 e. The van der Waals surface area contributed by atoms with Crippen LogP contribution in [0.25, 0.3) is 0 Å². The van der Waals surface area contributed by atoms with Gasteiger partial charge in [-0.3, -0.25) is 4.72 Å². The molecular weight excluding hydrogens is 362 g/mol. The van der Waals surface area contributed by atoms with E-state index in [9.17, 15) is 13.2 Å². The Morgan fingerprint density at radius 3 is 2.62 bits per heavy atom. The average Bonchev–Trinajstić information content (AvgIpc) is 2.77. The molecule has 7 nitrogen and oxygen atoms in total. The summed E-state index contributed by atoms with van der Waals surface area (Å²) in [4.78, 5) is 14.9. The third-order valence-electron chi connectivity index (χ3n) is 2.77. The number of sulfonamides is 1. The summed E-state index contributed by atoms with van der Waals surface area (Å²) in [5.41, 5.74) is 0.518. The molecular formula is C12H12BrN3O4S. The number of nitrogens with one attached hydrogen (secondary N) is 1. The second-order valence-electron chi connectivity index (χ2n) is 4.35. The number of pyridine rings is 1. The number of carboxylic acids is 1. The molecule has 2 rings (SSSR count). The van der Waals surface area contributed by atoms with Crippen LogP contribution in [-0.2, 0) is 17.1 Å². The summed E-state index contributed by atoms with van der Waals surface area (Å²) in [5.74, 6) is -1.03. The van der Waals surface area contributed by atoms with E-state index in [0.717, 1.165) is 10.5 Å². The van der Waals surface area contributed by atoms with Crippen LogP contribution in [0.5, 0.6) is 0 Å². The molecule has 0 fully saturated rings. The minimum absolute atomic E-state index is 0.115. The lowest BCUT2D eigenvalue weighted by Crippen LogP contribution is -2.13. The first-order valence-corrected chi connectivity index (χ1v) is 8.04. The monoisotopic (exact) mass is 373 g/mol. The van der Waals surface area contributed by atoms with Crippen molar-refractivity contribution in [2.75, 3.05) is 4.72 Å².